The van der Waals surface area contributed by atoms with Gasteiger partial charge in [-0.05, 0) is 37.0 Å². The van der Waals surface area contributed by atoms with Gasteiger partial charge in [-0.15, -0.1) is 0 Å². The van der Waals surface area contributed by atoms with Gasteiger partial charge in [-0.25, -0.2) is 4.79 Å². The zero-order valence-corrected chi connectivity index (χ0v) is 12.5. The molecule has 1 fully saturated rings. The van der Waals surface area contributed by atoms with Crippen molar-refractivity contribution in [1.29, 1.82) is 0 Å². The molecule has 0 bridgehead atoms. The van der Waals surface area contributed by atoms with E-state index in [-0.39, 0.29) is 5.91 Å². The molecule has 1 saturated heterocycles. The minimum absolute atomic E-state index is 0.208. The van der Waals surface area contributed by atoms with Gasteiger partial charge in [-0.3, -0.25) is 4.79 Å². The summed E-state index contributed by atoms with van der Waals surface area (Å²) in [5.41, 5.74) is 0.453. The van der Waals surface area contributed by atoms with Crippen LogP contribution in [0.3, 0.4) is 0 Å². The molecule has 0 saturated carbocycles. The number of amides is 1. The number of carboxylic acid groups (broad SMARTS) is 1. The lowest BCUT2D eigenvalue weighted by molar-refractivity contribution is -0.148. The van der Waals surface area contributed by atoms with Crippen LogP contribution < -0.4 is 0 Å². The lowest BCUT2D eigenvalue weighted by Gasteiger charge is -2.34. The van der Waals surface area contributed by atoms with Gasteiger partial charge in [0.1, 0.15) is 5.54 Å². The molecule has 21 heavy (non-hydrogen) atoms. The zero-order chi connectivity index (χ0) is 15.5. The first-order chi connectivity index (χ1) is 10.0. The number of carbonyl (C=O) groups is 2. The summed E-state index contributed by atoms with van der Waals surface area (Å²) in [5.74, 6) is -1.12. The number of hydrogen-bond donors (Lipinski definition) is 1. The van der Waals surface area contributed by atoms with Crippen LogP contribution in [0.5, 0.6) is 0 Å². The number of hydrogen-bond acceptors (Lipinski definition) is 3. The average Bonchev–Trinajstić information content (AvgIpc) is 2.93. The highest BCUT2D eigenvalue weighted by Crippen LogP contribution is 2.34. The van der Waals surface area contributed by atoms with Crippen molar-refractivity contribution in [2.24, 2.45) is 0 Å². The summed E-state index contributed by atoms with van der Waals surface area (Å²) in [5, 5.41) is 9.53. The molecule has 1 atom stereocenters. The topological polar surface area (TPSA) is 66.8 Å². The van der Waals surface area contributed by atoms with Gasteiger partial charge < -0.3 is 14.7 Å². The lowest BCUT2D eigenvalue weighted by Crippen LogP contribution is -2.52. The first-order valence-electron chi connectivity index (χ1n) is 7.18. The molecule has 0 radical (unpaired) electrons. The maximum atomic E-state index is 12.6. The van der Waals surface area contributed by atoms with Crippen LogP contribution in [0.25, 0.3) is 0 Å². The van der Waals surface area contributed by atoms with Gasteiger partial charge in [0.15, 0.2) is 0 Å². The average molecular weight is 291 g/mol. The van der Waals surface area contributed by atoms with Crippen molar-refractivity contribution in [3.05, 3.63) is 35.4 Å². The summed E-state index contributed by atoms with van der Waals surface area (Å²) in [7, 11) is 1.62. The van der Waals surface area contributed by atoms with E-state index in [9.17, 15) is 14.7 Å². The third-order valence-corrected chi connectivity index (χ3v) is 4.23. The molecule has 5 nitrogen and oxygen atoms in total. The van der Waals surface area contributed by atoms with Crippen molar-refractivity contribution in [1.82, 2.24) is 4.90 Å². The quantitative estimate of drug-likeness (QED) is 0.904. The van der Waals surface area contributed by atoms with E-state index in [4.69, 9.17) is 4.74 Å². The second kappa shape index (κ2) is 6.26. The van der Waals surface area contributed by atoms with Crippen LogP contribution in [0.15, 0.2) is 24.3 Å². The number of methoxy groups -OCH3 is 1. The normalized spacial score (nSPS) is 21.5. The number of nitrogens with zero attached hydrogens (tertiary/aromatic N) is 1. The fourth-order valence-corrected chi connectivity index (χ4v) is 2.98. The smallest absolute Gasteiger partial charge is 0.329 e. The Kier molecular flexibility index (Phi) is 4.63. The summed E-state index contributed by atoms with van der Waals surface area (Å²) in [4.78, 5) is 25.8. The summed E-state index contributed by atoms with van der Waals surface area (Å²) < 4.78 is 5.04. The van der Waals surface area contributed by atoms with Crippen molar-refractivity contribution in [3.8, 4) is 0 Å². The van der Waals surface area contributed by atoms with Gasteiger partial charge in [0, 0.05) is 19.2 Å². The van der Waals surface area contributed by atoms with E-state index in [0.29, 0.717) is 31.6 Å². The number of likely N-dealkylation sites (tertiary alicyclic amines) is 1. The lowest BCUT2D eigenvalue weighted by atomic mass is 9.92. The monoisotopic (exact) mass is 291 g/mol. The Hall–Kier alpha value is -1.88. The van der Waals surface area contributed by atoms with Crippen molar-refractivity contribution < 1.29 is 19.4 Å². The molecule has 1 aliphatic heterocycles. The molecule has 1 aromatic carbocycles. The van der Waals surface area contributed by atoms with E-state index in [2.05, 4.69) is 0 Å². The Bertz CT molecular complexity index is 526. The van der Waals surface area contributed by atoms with E-state index in [0.717, 1.165) is 12.0 Å². The van der Waals surface area contributed by atoms with Crippen LogP contribution in [0.2, 0.25) is 0 Å². The molecule has 114 valence electrons. The standard InChI is InChI=1S/C16H21NO4/c1-3-16(15(19)20)9-4-10-17(16)14(18)13-7-5-12(6-8-13)11-21-2/h5-8H,3-4,9-11H2,1-2H3,(H,19,20). The number of aliphatic carboxylic acids is 1. The van der Waals surface area contributed by atoms with Gasteiger partial charge in [-0.2, -0.15) is 0 Å². The van der Waals surface area contributed by atoms with Gasteiger partial charge in [0.05, 0.1) is 6.61 Å². The summed E-state index contributed by atoms with van der Waals surface area (Å²) >= 11 is 0. The number of benzene rings is 1. The highest BCUT2D eigenvalue weighted by Gasteiger charge is 2.48. The largest absolute Gasteiger partial charge is 0.479 e. The predicted octanol–water partition coefficient (Wildman–Crippen LogP) is 2.30. The molecular weight excluding hydrogens is 270 g/mol. The molecule has 2 rings (SSSR count). The van der Waals surface area contributed by atoms with Crippen LogP contribution in [-0.2, 0) is 16.1 Å². The zero-order valence-electron chi connectivity index (χ0n) is 12.5. The second-order valence-electron chi connectivity index (χ2n) is 5.38. The minimum Gasteiger partial charge on any atom is -0.479 e. The molecule has 1 heterocycles. The van der Waals surface area contributed by atoms with Crippen LogP contribution in [0, 0.1) is 0 Å². The molecule has 0 spiro atoms. The number of rotatable bonds is 5. The van der Waals surface area contributed by atoms with Crippen LogP contribution in [-0.4, -0.2) is 41.1 Å². The second-order valence-corrected chi connectivity index (χ2v) is 5.38. The number of carboxylic acids is 1. The Morgan fingerprint density at radius 2 is 2.00 bits per heavy atom. The van der Waals surface area contributed by atoms with Gasteiger partial charge in [0.2, 0.25) is 0 Å². The van der Waals surface area contributed by atoms with Crippen LogP contribution in [0.1, 0.15) is 42.1 Å². The fraction of sp³-hybridized carbons (Fsp3) is 0.500. The maximum absolute atomic E-state index is 12.6. The first kappa shape index (κ1) is 15.5. The number of ether oxygens (including phenoxy) is 1. The molecular formula is C16H21NO4. The van der Waals surface area contributed by atoms with Gasteiger partial charge >= 0.3 is 5.97 Å². The molecule has 5 heteroatoms. The molecule has 0 aliphatic carbocycles. The van der Waals surface area contributed by atoms with E-state index < -0.39 is 11.5 Å². The SMILES string of the molecule is CCC1(C(=O)O)CCCN1C(=O)c1ccc(COC)cc1. The minimum atomic E-state index is -1.05. The summed E-state index contributed by atoms with van der Waals surface area (Å²) in [6, 6.07) is 7.14. The van der Waals surface area contributed by atoms with E-state index in [1.165, 1.54) is 4.90 Å². The molecule has 1 aliphatic rings. The highest BCUT2D eigenvalue weighted by molar-refractivity contribution is 5.98. The van der Waals surface area contributed by atoms with Crippen molar-refractivity contribution >= 4 is 11.9 Å². The molecule has 1 unspecified atom stereocenters. The number of carbonyl (C=O) groups excluding carboxylic acids is 1. The molecule has 0 aromatic heterocycles. The van der Waals surface area contributed by atoms with E-state index >= 15 is 0 Å². The highest BCUT2D eigenvalue weighted by atomic mass is 16.5. The van der Waals surface area contributed by atoms with Crippen LogP contribution >= 0.6 is 0 Å². The Labute approximate surface area is 124 Å². The predicted molar refractivity (Wildman–Crippen MR) is 78.1 cm³/mol. The third-order valence-electron chi connectivity index (χ3n) is 4.23. The molecule has 1 amide bonds. The van der Waals surface area contributed by atoms with E-state index in [1.54, 1.807) is 19.2 Å². The van der Waals surface area contributed by atoms with Crippen molar-refractivity contribution in [2.75, 3.05) is 13.7 Å². The third kappa shape index (κ3) is 2.78. The summed E-state index contributed by atoms with van der Waals surface area (Å²) in [6.45, 7) is 2.81. The van der Waals surface area contributed by atoms with Gasteiger partial charge in [-0.1, -0.05) is 19.1 Å². The summed E-state index contributed by atoms with van der Waals surface area (Å²) in [6.07, 6.45) is 1.68. The fourth-order valence-electron chi connectivity index (χ4n) is 2.98. The molecule has 1 N–H and O–H groups in total. The van der Waals surface area contributed by atoms with Gasteiger partial charge in [0.25, 0.3) is 5.91 Å². The maximum Gasteiger partial charge on any atom is 0.329 e. The van der Waals surface area contributed by atoms with Crippen LogP contribution in [0.4, 0.5) is 0 Å². The molecule has 1 aromatic rings. The Morgan fingerprint density at radius 3 is 2.52 bits per heavy atom. The first-order valence-corrected chi connectivity index (χ1v) is 7.18. The Morgan fingerprint density at radius 1 is 1.33 bits per heavy atom. The van der Waals surface area contributed by atoms with Crippen molar-refractivity contribution in [2.45, 2.75) is 38.3 Å². The Balaban J connectivity index is 2.24. The van der Waals surface area contributed by atoms with E-state index in [1.807, 2.05) is 19.1 Å². The van der Waals surface area contributed by atoms with Crippen molar-refractivity contribution in [3.63, 3.8) is 0 Å².